The molecule has 1 aromatic rings. The highest BCUT2D eigenvalue weighted by molar-refractivity contribution is 5.94. The number of nitrogens with one attached hydrogen (secondary N) is 2. The van der Waals surface area contributed by atoms with Gasteiger partial charge >= 0.3 is 6.09 Å². The fraction of sp³-hybridized carbons (Fsp3) is 0.565. The minimum atomic E-state index is -1.27. The van der Waals surface area contributed by atoms with Gasteiger partial charge in [0, 0.05) is 13.6 Å². The Morgan fingerprint density at radius 3 is 2.25 bits per heavy atom. The van der Waals surface area contributed by atoms with Crippen LogP contribution in [0.1, 0.15) is 65.0 Å². The summed E-state index contributed by atoms with van der Waals surface area (Å²) in [6.07, 6.45) is 1.53. The van der Waals surface area contributed by atoms with Crippen molar-refractivity contribution in [1.29, 1.82) is 0 Å². The molecule has 4 N–H and O–H groups in total. The smallest absolute Gasteiger partial charge is 0.408 e. The van der Waals surface area contributed by atoms with Gasteiger partial charge in [-0.05, 0) is 32.8 Å². The highest BCUT2D eigenvalue weighted by Crippen LogP contribution is 2.21. The van der Waals surface area contributed by atoms with Crippen LogP contribution in [0.25, 0.3) is 0 Å². The third-order valence-corrected chi connectivity index (χ3v) is 4.57. The van der Waals surface area contributed by atoms with Crippen molar-refractivity contribution in [3.8, 4) is 0 Å². The lowest BCUT2D eigenvalue weighted by Gasteiger charge is -2.31. The van der Waals surface area contributed by atoms with Crippen molar-refractivity contribution in [2.75, 3.05) is 13.6 Å². The van der Waals surface area contributed by atoms with Crippen molar-refractivity contribution >= 4 is 23.8 Å². The number of ether oxygens (including phenoxy) is 1. The van der Waals surface area contributed by atoms with Crippen LogP contribution in [0.5, 0.6) is 0 Å². The maximum atomic E-state index is 13.2. The first kappa shape index (κ1) is 26.9. The van der Waals surface area contributed by atoms with Crippen molar-refractivity contribution in [1.82, 2.24) is 15.5 Å². The monoisotopic (exact) mass is 448 g/mol. The molecule has 0 bridgehead atoms. The number of hydrogen-bond acceptors (Lipinski definition) is 5. The Bertz CT molecular complexity index is 776. The van der Waals surface area contributed by atoms with Gasteiger partial charge in [-0.25, -0.2) is 4.79 Å². The number of rotatable bonds is 11. The van der Waals surface area contributed by atoms with Crippen LogP contribution in [0.3, 0.4) is 0 Å². The van der Waals surface area contributed by atoms with E-state index in [0.29, 0.717) is 12.1 Å². The third-order valence-electron chi connectivity index (χ3n) is 4.57. The van der Waals surface area contributed by atoms with Crippen molar-refractivity contribution < 1.29 is 23.9 Å². The SMILES string of the molecule is CCCCCNC(=O)C(c1ccccc1)N(C)C(=O)C(CC(N)=O)NC(=O)OC(C)(C)C. The summed E-state index contributed by atoms with van der Waals surface area (Å²) in [5, 5.41) is 5.27. The quantitative estimate of drug-likeness (QED) is 0.447. The summed E-state index contributed by atoms with van der Waals surface area (Å²) < 4.78 is 5.20. The molecule has 32 heavy (non-hydrogen) atoms. The van der Waals surface area contributed by atoms with Crippen LogP contribution in [0.4, 0.5) is 4.79 Å². The molecule has 178 valence electrons. The van der Waals surface area contributed by atoms with E-state index in [-0.39, 0.29) is 5.91 Å². The summed E-state index contributed by atoms with van der Waals surface area (Å²) >= 11 is 0. The lowest BCUT2D eigenvalue weighted by Crippen LogP contribution is -2.52. The van der Waals surface area contributed by atoms with Gasteiger partial charge in [0.2, 0.25) is 17.7 Å². The molecule has 0 aliphatic carbocycles. The predicted molar refractivity (Wildman–Crippen MR) is 121 cm³/mol. The van der Waals surface area contributed by atoms with Gasteiger partial charge in [0.25, 0.3) is 0 Å². The highest BCUT2D eigenvalue weighted by atomic mass is 16.6. The molecule has 0 fully saturated rings. The number of unbranched alkanes of at least 4 members (excludes halogenated alkanes) is 2. The Labute approximate surface area is 190 Å². The van der Waals surface area contributed by atoms with E-state index in [1.54, 1.807) is 45.0 Å². The van der Waals surface area contributed by atoms with E-state index < -0.39 is 42.0 Å². The number of nitrogens with two attached hydrogens (primary N) is 1. The number of amides is 4. The summed E-state index contributed by atoms with van der Waals surface area (Å²) in [5.41, 5.74) is 5.11. The molecule has 0 saturated heterocycles. The summed E-state index contributed by atoms with van der Waals surface area (Å²) in [6, 6.07) is 6.61. The number of nitrogens with zero attached hydrogens (tertiary/aromatic N) is 1. The van der Waals surface area contributed by atoms with Crippen molar-refractivity contribution in [2.45, 2.75) is 71.1 Å². The fourth-order valence-electron chi connectivity index (χ4n) is 3.09. The first-order valence-corrected chi connectivity index (χ1v) is 10.8. The summed E-state index contributed by atoms with van der Waals surface area (Å²) in [4.78, 5) is 51.2. The van der Waals surface area contributed by atoms with Crippen LogP contribution in [-0.2, 0) is 19.1 Å². The Morgan fingerprint density at radius 1 is 1.09 bits per heavy atom. The molecule has 2 atom stereocenters. The average Bonchev–Trinajstić information content (AvgIpc) is 2.69. The van der Waals surface area contributed by atoms with E-state index >= 15 is 0 Å². The first-order valence-electron chi connectivity index (χ1n) is 10.8. The number of benzene rings is 1. The maximum Gasteiger partial charge on any atom is 0.408 e. The van der Waals surface area contributed by atoms with E-state index in [9.17, 15) is 19.2 Å². The number of carbonyl (C=O) groups is 4. The molecule has 1 rings (SSSR count). The largest absolute Gasteiger partial charge is 0.444 e. The molecule has 2 unspecified atom stereocenters. The molecular formula is C23H36N4O5. The Kier molecular flexibility index (Phi) is 10.7. The van der Waals surface area contributed by atoms with Crippen LogP contribution < -0.4 is 16.4 Å². The van der Waals surface area contributed by atoms with E-state index in [4.69, 9.17) is 10.5 Å². The molecule has 9 nitrogen and oxygen atoms in total. The van der Waals surface area contributed by atoms with Crippen LogP contribution in [0.15, 0.2) is 30.3 Å². The number of hydrogen-bond donors (Lipinski definition) is 3. The van der Waals surface area contributed by atoms with Crippen LogP contribution in [0, 0.1) is 0 Å². The molecule has 0 aromatic heterocycles. The molecule has 0 aliphatic heterocycles. The van der Waals surface area contributed by atoms with Crippen LogP contribution in [0.2, 0.25) is 0 Å². The van der Waals surface area contributed by atoms with Gasteiger partial charge in [0.15, 0.2) is 0 Å². The van der Waals surface area contributed by atoms with Crippen molar-refractivity contribution in [3.05, 3.63) is 35.9 Å². The molecule has 0 heterocycles. The molecule has 9 heteroatoms. The van der Waals surface area contributed by atoms with E-state index in [2.05, 4.69) is 17.6 Å². The fourth-order valence-corrected chi connectivity index (χ4v) is 3.09. The van der Waals surface area contributed by atoms with E-state index in [1.807, 2.05) is 6.07 Å². The standard InChI is InChI=1S/C23H36N4O5/c1-6-7-11-14-25-20(29)19(16-12-9-8-10-13-16)27(5)21(30)17(15-18(24)28)26-22(31)32-23(2,3)4/h8-10,12-13,17,19H,6-7,11,14-15H2,1-5H3,(H2,24,28)(H,25,29)(H,26,31). The second-order valence-corrected chi connectivity index (χ2v) is 8.63. The molecule has 0 aliphatic rings. The van der Waals surface area contributed by atoms with Gasteiger partial charge in [-0.15, -0.1) is 0 Å². The lowest BCUT2D eigenvalue weighted by atomic mass is 10.0. The molecule has 1 aromatic carbocycles. The zero-order chi connectivity index (χ0) is 24.3. The minimum Gasteiger partial charge on any atom is -0.444 e. The lowest BCUT2D eigenvalue weighted by molar-refractivity contribution is -0.141. The summed E-state index contributed by atoms with van der Waals surface area (Å²) in [5.74, 6) is -1.75. The van der Waals surface area contributed by atoms with Crippen LogP contribution >= 0.6 is 0 Å². The zero-order valence-electron chi connectivity index (χ0n) is 19.6. The average molecular weight is 449 g/mol. The number of alkyl carbamates (subject to hydrolysis) is 1. The first-order chi connectivity index (χ1) is 15.0. The Morgan fingerprint density at radius 2 is 1.72 bits per heavy atom. The minimum absolute atomic E-state index is 0.349. The van der Waals surface area contributed by atoms with E-state index in [0.717, 1.165) is 19.3 Å². The molecule has 4 amide bonds. The zero-order valence-corrected chi connectivity index (χ0v) is 19.6. The normalized spacial score (nSPS) is 12.9. The maximum absolute atomic E-state index is 13.2. The van der Waals surface area contributed by atoms with Gasteiger partial charge in [-0.3, -0.25) is 14.4 Å². The topological polar surface area (TPSA) is 131 Å². The van der Waals surface area contributed by atoms with Crippen molar-refractivity contribution in [2.24, 2.45) is 5.73 Å². The molecule has 0 saturated carbocycles. The van der Waals surface area contributed by atoms with Crippen LogP contribution in [-0.4, -0.2) is 54.0 Å². The summed E-state index contributed by atoms with van der Waals surface area (Å²) in [7, 11) is 1.45. The number of primary amides is 1. The number of likely N-dealkylation sites (N-methyl/N-ethyl adjacent to an activating group) is 1. The number of carbonyl (C=O) groups excluding carboxylic acids is 4. The van der Waals surface area contributed by atoms with Gasteiger partial charge in [-0.1, -0.05) is 50.1 Å². The third kappa shape index (κ3) is 9.36. The molecular weight excluding hydrogens is 412 g/mol. The van der Waals surface area contributed by atoms with E-state index in [1.165, 1.54) is 11.9 Å². The summed E-state index contributed by atoms with van der Waals surface area (Å²) in [6.45, 7) is 7.59. The Balaban J connectivity index is 3.10. The van der Waals surface area contributed by atoms with Gasteiger partial charge in [-0.2, -0.15) is 0 Å². The van der Waals surface area contributed by atoms with Crippen molar-refractivity contribution in [3.63, 3.8) is 0 Å². The highest BCUT2D eigenvalue weighted by Gasteiger charge is 2.34. The second kappa shape index (κ2) is 12.7. The predicted octanol–water partition coefficient (Wildman–Crippen LogP) is 2.26. The van der Waals surface area contributed by atoms with Gasteiger partial charge in [0.1, 0.15) is 17.7 Å². The Hall–Kier alpha value is -3.10. The van der Waals surface area contributed by atoms with Gasteiger partial charge < -0.3 is 26.0 Å². The molecule has 0 radical (unpaired) electrons. The molecule has 0 spiro atoms. The second-order valence-electron chi connectivity index (χ2n) is 8.63. The van der Waals surface area contributed by atoms with Gasteiger partial charge in [0.05, 0.1) is 6.42 Å².